The summed E-state index contributed by atoms with van der Waals surface area (Å²) in [5.41, 5.74) is 2.27. The zero-order valence-electron chi connectivity index (χ0n) is 12.4. The Morgan fingerprint density at radius 3 is 3.00 bits per heavy atom. The average Bonchev–Trinajstić information content (AvgIpc) is 3.18. The lowest BCUT2D eigenvalue weighted by Crippen LogP contribution is -2.29. The van der Waals surface area contributed by atoms with Crippen molar-refractivity contribution < 1.29 is 0 Å². The summed E-state index contributed by atoms with van der Waals surface area (Å²) in [6.45, 7) is 2.23. The van der Waals surface area contributed by atoms with Crippen molar-refractivity contribution in [2.24, 2.45) is 0 Å². The maximum Gasteiger partial charge on any atom is 0.143 e. The Morgan fingerprint density at radius 2 is 2.29 bits per heavy atom. The molecule has 1 aliphatic rings. The number of hydrogen-bond donors (Lipinski definition) is 1. The fraction of sp³-hybridized carbons (Fsp3) is 0.533. The quantitative estimate of drug-likeness (QED) is 0.920. The number of nitrogens with one attached hydrogen (secondary N) is 1. The first kappa shape index (κ1) is 14.5. The minimum Gasteiger partial charge on any atom is -0.307 e. The van der Waals surface area contributed by atoms with Gasteiger partial charge >= 0.3 is 0 Å². The number of hydrogen-bond acceptors (Lipinski definition) is 5. The Balaban J connectivity index is 1.67. The lowest BCUT2D eigenvalue weighted by molar-refractivity contribution is 0.462. The molecule has 1 heterocycles. The number of benzene rings is 1. The van der Waals surface area contributed by atoms with Crippen LogP contribution in [0, 0.1) is 0 Å². The van der Waals surface area contributed by atoms with Crippen LogP contribution in [0.4, 0.5) is 0 Å². The van der Waals surface area contributed by atoms with E-state index < -0.39 is 0 Å². The maximum absolute atomic E-state index is 3.94. The highest BCUT2D eigenvalue weighted by Crippen LogP contribution is 2.29. The van der Waals surface area contributed by atoms with Gasteiger partial charge in [0.05, 0.1) is 5.69 Å². The predicted molar refractivity (Wildman–Crippen MR) is 85.6 cm³/mol. The first-order valence-corrected chi connectivity index (χ1v) is 8.67. The molecule has 0 aliphatic heterocycles. The minimum atomic E-state index is 0.340. The Bertz CT molecular complexity index is 571. The molecule has 112 valence electrons. The first-order chi connectivity index (χ1) is 10.3. The summed E-state index contributed by atoms with van der Waals surface area (Å²) < 4.78 is 1.69. The molecule has 21 heavy (non-hydrogen) atoms. The number of rotatable bonds is 5. The third-order valence-corrected chi connectivity index (χ3v) is 5.28. The predicted octanol–water partition coefficient (Wildman–Crippen LogP) is 2.60. The Labute approximate surface area is 129 Å². The van der Waals surface area contributed by atoms with Crippen LogP contribution in [0.25, 0.3) is 5.69 Å². The van der Waals surface area contributed by atoms with Crippen molar-refractivity contribution in [1.82, 2.24) is 25.5 Å². The summed E-state index contributed by atoms with van der Waals surface area (Å²) in [6, 6.07) is 9.36. The van der Waals surface area contributed by atoms with E-state index in [2.05, 4.69) is 52.2 Å². The molecule has 0 saturated heterocycles. The van der Waals surface area contributed by atoms with Crippen LogP contribution >= 0.6 is 11.8 Å². The monoisotopic (exact) mass is 303 g/mol. The standard InChI is InChI=1S/C15H21N5S/c1-11(17-13-6-7-15(9-13)21-2)12-4-3-5-14(8-12)20-10-16-18-19-20/h3-5,8,10-11,13,15,17H,6-7,9H2,1-2H3. The molecular weight excluding hydrogens is 282 g/mol. The van der Waals surface area contributed by atoms with Crippen molar-refractivity contribution in [3.63, 3.8) is 0 Å². The summed E-state index contributed by atoms with van der Waals surface area (Å²) in [5, 5.41) is 15.9. The third-order valence-electron chi connectivity index (χ3n) is 4.19. The molecule has 5 nitrogen and oxygen atoms in total. The van der Waals surface area contributed by atoms with Gasteiger partial charge in [0, 0.05) is 17.3 Å². The largest absolute Gasteiger partial charge is 0.307 e. The molecule has 0 bridgehead atoms. The lowest BCUT2D eigenvalue weighted by atomic mass is 10.1. The van der Waals surface area contributed by atoms with Gasteiger partial charge in [-0.3, -0.25) is 0 Å². The van der Waals surface area contributed by atoms with Gasteiger partial charge in [-0.05, 0) is 60.6 Å². The summed E-state index contributed by atoms with van der Waals surface area (Å²) in [6.07, 6.45) is 7.72. The van der Waals surface area contributed by atoms with Crippen molar-refractivity contribution in [2.75, 3.05) is 6.26 Å². The van der Waals surface area contributed by atoms with Crippen LogP contribution in [0.5, 0.6) is 0 Å². The maximum atomic E-state index is 3.94. The topological polar surface area (TPSA) is 55.6 Å². The zero-order chi connectivity index (χ0) is 14.7. The second kappa shape index (κ2) is 6.58. The van der Waals surface area contributed by atoms with Crippen LogP contribution in [-0.2, 0) is 0 Å². The first-order valence-electron chi connectivity index (χ1n) is 7.38. The third kappa shape index (κ3) is 3.44. The molecule has 3 rings (SSSR count). The molecule has 1 aromatic heterocycles. The zero-order valence-corrected chi connectivity index (χ0v) is 13.3. The van der Waals surface area contributed by atoms with Crippen LogP contribution in [0.3, 0.4) is 0 Å². The van der Waals surface area contributed by atoms with E-state index in [1.807, 2.05) is 17.8 Å². The molecule has 1 aromatic carbocycles. The van der Waals surface area contributed by atoms with E-state index in [1.54, 1.807) is 11.0 Å². The fourth-order valence-corrected chi connectivity index (χ4v) is 3.77. The second-order valence-electron chi connectivity index (χ2n) is 5.61. The summed E-state index contributed by atoms with van der Waals surface area (Å²) in [7, 11) is 0. The Kier molecular flexibility index (Phi) is 4.55. The van der Waals surface area contributed by atoms with Crippen LogP contribution < -0.4 is 5.32 Å². The van der Waals surface area contributed by atoms with E-state index >= 15 is 0 Å². The van der Waals surface area contributed by atoms with Crippen LogP contribution in [0.2, 0.25) is 0 Å². The minimum absolute atomic E-state index is 0.340. The Morgan fingerprint density at radius 1 is 1.38 bits per heavy atom. The van der Waals surface area contributed by atoms with Crippen LogP contribution in [0.15, 0.2) is 30.6 Å². The molecule has 1 fully saturated rings. The second-order valence-corrected chi connectivity index (χ2v) is 6.74. The van der Waals surface area contributed by atoms with Gasteiger partial charge in [-0.25, -0.2) is 4.68 Å². The molecule has 0 radical (unpaired) electrons. The number of aromatic nitrogens is 4. The van der Waals surface area contributed by atoms with Crippen molar-refractivity contribution >= 4 is 11.8 Å². The van der Waals surface area contributed by atoms with Gasteiger partial charge in [-0.15, -0.1) is 5.10 Å². The van der Waals surface area contributed by atoms with Gasteiger partial charge in [0.1, 0.15) is 6.33 Å². The summed E-state index contributed by atoms with van der Waals surface area (Å²) >= 11 is 1.99. The molecule has 1 N–H and O–H groups in total. The highest BCUT2D eigenvalue weighted by atomic mass is 32.2. The van der Waals surface area contributed by atoms with E-state index in [0.717, 1.165) is 10.9 Å². The van der Waals surface area contributed by atoms with Gasteiger partial charge in [0.15, 0.2) is 0 Å². The van der Waals surface area contributed by atoms with Crippen LogP contribution in [0.1, 0.15) is 37.8 Å². The average molecular weight is 303 g/mol. The number of nitrogens with zero attached hydrogens (tertiary/aromatic N) is 4. The smallest absolute Gasteiger partial charge is 0.143 e. The number of thioether (sulfide) groups is 1. The van der Waals surface area contributed by atoms with Gasteiger partial charge in [0.25, 0.3) is 0 Å². The van der Waals surface area contributed by atoms with Crippen molar-refractivity contribution in [2.45, 2.75) is 43.5 Å². The molecule has 0 amide bonds. The summed E-state index contributed by atoms with van der Waals surface area (Å²) in [4.78, 5) is 0. The normalized spacial score (nSPS) is 23.3. The lowest BCUT2D eigenvalue weighted by Gasteiger charge is -2.20. The van der Waals surface area contributed by atoms with Gasteiger partial charge in [0.2, 0.25) is 0 Å². The van der Waals surface area contributed by atoms with Gasteiger partial charge in [-0.1, -0.05) is 12.1 Å². The van der Waals surface area contributed by atoms with Crippen LogP contribution in [-0.4, -0.2) is 37.8 Å². The highest BCUT2D eigenvalue weighted by molar-refractivity contribution is 7.99. The molecule has 3 atom stereocenters. The van der Waals surface area contributed by atoms with Crippen molar-refractivity contribution in [1.29, 1.82) is 0 Å². The van der Waals surface area contributed by atoms with Crippen molar-refractivity contribution in [3.05, 3.63) is 36.2 Å². The van der Waals surface area contributed by atoms with E-state index in [0.29, 0.717) is 12.1 Å². The molecule has 1 aliphatic carbocycles. The van der Waals surface area contributed by atoms with E-state index in [4.69, 9.17) is 0 Å². The van der Waals surface area contributed by atoms with Gasteiger partial charge in [-0.2, -0.15) is 11.8 Å². The molecule has 6 heteroatoms. The van der Waals surface area contributed by atoms with E-state index in [1.165, 1.54) is 24.8 Å². The molecule has 0 spiro atoms. The fourth-order valence-electron chi connectivity index (χ4n) is 2.97. The molecular formula is C15H21N5S. The van der Waals surface area contributed by atoms with Crippen molar-refractivity contribution in [3.8, 4) is 5.69 Å². The SMILES string of the molecule is CSC1CCC(NC(C)c2cccc(-n3cnnn3)c2)C1. The van der Waals surface area contributed by atoms with E-state index in [-0.39, 0.29) is 0 Å². The Hall–Kier alpha value is -1.40. The number of tetrazole rings is 1. The van der Waals surface area contributed by atoms with Gasteiger partial charge < -0.3 is 5.32 Å². The molecule has 1 saturated carbocycles. The molecule has 2 aromatic rings. The molecule has 3 unspecified atom stereocenters. The van der Waals surface area contributed by atoms with E-state index in [9.17, 15) is 0 Å². The summed E-state index contributed by atoms with van der Waals surface area (Å²) in [5.74, 6) is 0. The highest BCUT2D eigenvalue weighted by Gasteiger charge is 2.25.